The monoisotopic (exact) mass is 197 g/mol. The molecule has 0 saturated heterocycles. The summed E-state index contributed by atoms with van der Waals surface area (Å²) in [5.41, 5.74) is 3.00. The van der Waals surface area contributed by atoms with E-state index in [1.165, 1.54) is 17.7 Å². The quantitative estimate of drug-likeness (QED) is 0.660. The molecule has 76 valence electrons. The highest BCUT2D eigenvalue weighted by Crippen LogP contribution is 2.60. The third-order valence-electron chi connectivity index (χ3n) is 3.73. The molecule has 0 bridgehead atoms. The molecule has 0 N–H and O–H groups in total. The summed E-state index contributed by atoms with van der Waals surface area (Å²) in [6.07, 6.45) is 4.45. The van der Waals surface area contributed by atoms with Crippen molar-refractivity contribution < 1.29 is 0 Å². The van der Waals surface area contributed by atoms with Gasteiger partial charge in [0.05, 0.1) is 0 Å². The first-order valence-corrected chi connectivity index (χ1v) is 5.58. The van der Waals surface area contributed by atoms with Crippen LogP contribution in [-0.4, -0.2) is 12.3 Å². The zero-order valence-corrected chi connectivity index (χ0v) is 8.82. The lowest BCUT2D eigenvalue weighted by molar-refractivity contribution is 0.662. The fourth-order valence-corrected chi connectivity index (χ4v) is 2.85. The van der Waals surface area contributed by atoms with Crippen LogP contribution >= 0.6 is 0 Å². The molecule has 2 unspecified atom stereocenters. The van der Waals surface area contributed by atoms with Gasteiger partial charge in [-0.25, -0.2) is 0 Å². The van der Waals surface area contributed by atoms with Crippen molar-refractivity contribution in [1.29, 1.82) is 0 Å². The van der Waals surface area contributed by atoms with Crippen LogP contribution < -0.4 is 0 Å². The Morgan fingerprint density at radius 3 is 2.87 bits per heavy atom. The summed E-state index contributed by atoms with van der Waals surface area (Å²) in [7, 11) is 0. The molecule has 0 amide bonds. The summed E-state index contributed by atoms with van der Waals surface area (Å²) in [6, 6.07) is 10.6. The van der Waals surface area contributed by atoms with E-state index in [2.05, 4.69) is 36.9 Å². The molecule has 3 rings (SSSR count). The van der Waals surface area contributed by atoms with Gasteiger partial charge in [0.1, 0.15) is 0 Å². The lowest BCUT2D eigenvalue weighted by atomic mass is 9.90. The van der Waals surface area contributed by atoms with Gasteiger partial charge in [-0.1, -0.05) is 36.4 Å². The molecule has 2 atom stereocenters. The van der Waals surface area contributed by atoms with Crippen molar-refractivity contribution in [3.8, 4) is 0 Å². The van der Waals surface area contributed by atoms with E-state index in [9.17, 15) is 0 Å². The topological polar surface area (TPSA) is 12.4 Å². The highest BCUT2D eigenvalue weighted by Gasteiger charge is 2.59. The Bertz CT molecular complexity index is 418. The first kappa shape index (κ1) is 8.90. The maximum absolute atomic E-state index is 4.70. The number of fused-ring (bicyclic) bond motifs is 1. The van der Waals surface area contributed by atoms with Gasteiger partial charge in [0.25, 0.3) is 0 Å². The van der Waals surface area contributed by atoms with E-state index in [-0.39, 0.29) is 0 Å². The third kappa shape index (κ3) is 1.19. The molecule has 1 nitrogen and oxygen atoms in total. The molecule has 1 fully saturated rings. The van der Waals surface area contributed by atoms with E-state index in [0.717, 1.165) is 18.9 Å². The normalized spacial score (nSPS) is 32.0. The molecule has 1 aromatic rings. The van der Waals surface area contributed by atoms with E-state index in [1.54, 1.807) is 0 Å². The van der Waals surface area contributed by atoms with Crippen molar-refractivity contribution >= 4 is 5.71 Å². The molecule has 0 aromatic heterocycles. The Kier molecular flexibility index (Phi) is 1.82. The molecule has 2 aliphatic rings. The largest absolute Gasteiger partial charge is 0.288 e. The second-order valence-electron chi connectivity index (χ2n) is 4.61. The summed E-state index contributed by atoms with van der Waals surface area (Å²) in [5, 5.41) is 0. The van der Waals surface area contributed by atoms with Crippen molar-refractivity contribution in [1.82, 2.24) is 0 Å². The molecular weight excluding hydrogens is 182 g/mol. The van der Waals surface area contributed by atoms with Crippen molar-refractivity contribution in [2.24, 2.45) is 16.3 Å². The Balaban J connectivity index is 1.97. The second kappa shape index (κ2) is 3.06. The molecule has 1 heterocycles. The van der Waals surface area contributed by atoms with E-state index < -0.39 is 0 Å². The standard InChI is InChI=1S/C14H15N/c1-2-8-14-9-12(14)10-15-13(14)11-6-4-3-5-7-11/h2-7,12H,1,8-10H2. The molecule has 0 spiro atoms. The van der Waals surface area contributed by atoms with Gasteiger partial charge in [-0.2, -0.15) is 0 Å². The highest BCUT2D eigenvalue weighted by atomic mass is 14.9. The van der Waals surface area contributed by atoms with E-state index >= 15 is 0 Å². The summed E-state index contributed by atoms with van der Waals surface area (Å²) < 4.78 is 0. The highest BCUT2D eigenvalue weighted by molar-refractivity contribution is 6.08. The lowest BCUT2D eigenvalue weighted by Gasteiger charge is -2.13. The van der Waals surface area contributed by atoms with Crippen LogP contribution in [0.4, 0.5) is 0 Å². The molecule has 0 radical (unpaired) electrons. The third-order valence-corrected chi connectivity index (χ3v) is 3.73. The first-order chi connectivity index (χ1) is 7.37. The van der Waals surface area contributed by atoms with Crippen LogP contribution in [0.2, 0.25) is 0 Å². The Morgan fingerprint density at radius 2 is 2.20 bits per heavy atom. The van der Waals surface area contributed by atoms with Crippen LogP contribution in [0.5, 0.6) is 0 Å². The van der Waals surface area contributed by atoms with Crippen LogP contribution in [0, 0.1) is 11.3 Å². The average molecular weight is 197 g/mol. The van der Waals surface area contributed by atoms with E-state index in [0.29, 0.717) is 5.41 Å². The van der Waals surface area contributed by atoms with Crippen molar-refractivity contribution in [2.75, 3.05) is 6.54 Å². The van der Waals surface area contributed by atoms with Gasteiger partial charge in [-0.05, 0) is 24.3 Å². The SMILES string of the molecule is C=CCC12CC1CN=C2c1ccccc1. The number of aliphatic imine (C=N–C) groups is 1. The number of hydrogen-bond donors (Lipinski definition) is 0. The van der Waals surface area contributed by atoms with Gasteiger partial charge in [0.15, 0.2) is 0 Å². The maximum atomic E-state index is 4.70. The number of allylic oxidation sites excluding steroid dienone is 1. The summed E-state index contributed by atoms with van der Waals surface area (Å²) >= 11 is 0. The maximum Gasteiger partial charge on any atom is 0.0489 e. The average Bonchev–Trinajstić information content (AvgIpc) is 2.86. The predicted octanol–water partition coefficient (Wildman–Crippen LogP) is 3.07. The number of hydrogen-bond acceptors (Lipinski definition) is 1. The predicted molar refractivity (Wildman–Crippen MR) is 63.2 cm³/mol. The zero-order chi connectivity index (χ0) is 10.3. The van der Waals surface area contributed by atoms with Crippen molar-refractivity contribution in [3.63, 3.8) is 0 Å². The minimum absolute atomic E-state index is 0.364. The van der Waals surface area contributed by atoms with Crippen molar-refractivity contribution in [3.05, 3.63) is 48.6 Å². The van der Waals surface area contributed by atoms with Crippen LogP contribution in [0.1, 0.15) is 18.4 Å². The van der Waals surface area contributed by atoms with Gasteiger partial charge >= 0.3 is 0 Å². The second-order valence-corrected chi connectivity index (χ2v) is 4.61. The van der Waals surface area contributed by atoms with Crippen LogP contribution in [0.25, 0.3) is 0 Å². The van der Waals surface area contributed by atoms with Crippen LogP contribution in [0.15, 0.2) is 48.0 Å². The zero-order valence-electron chi connectivity index (χ0n) is 8.82. The van der Waals surface area contributed by atoms with E-state index in [1.807, 2.05) is 6.08 Å². The summed E-state index contributed by atoms with van der Waals surface area (Å²) in [5.74, 6) is 0.797. The van der Waals surface area contributed by atoms with Gasteiger partial charge in [-0.15, -0.1) is 6.58 Å². The molecule has 1 heteroatoms. The molecule has 1 aliphatic carbocycles. The number of benzene rings is 1. The molecule has 1 saturated carbocycles. The summed E-state index contributed by atoms with van der Waals surface area (Å²) in [4.78, 5) is 4.70. The van der Waals surface area contributed by atoms with Gasteiger partial charge in [0, 0.05) is 17.7 Å². The number of rotatable bonds is 3. The van der Waals surface area contributed by atoms with Gasteiger partial charge in [-0.3, -0.25) is 4.99 Å². The Hall–Kier alpha value is -1.37. The van der Waals surface area contributed by atoms with E-state index in [4.69, 9.17) is 4.99 Å². The van der Waals surface area contributed by atoms with Crippen LogP contribution in [0.3, 0.4) is 0 Å². The van der Waals surface area contributed by atoms with Crippen LogP contribution in [-0.2, 0) is 0 Å². The van der Waals surface area contributed by atoms with Gasteiger partial charge < -0.3 is 0 Å². The molecular formula is C14H15N. The molecule has 15 heavy (non-hydrogen) atoms. The minimum Gasteiger partial charge on any atom is -0.288 e. The van der Waals surface area contributed by atoms with Crippen molar-refractivity contribution in [2.45, 2.75) is 12.8 Å². The Labute approximate surface area is 90.5 Å². The molecule has 1 aromatic carbocycles. The molecule has 1 aliphatic heterocycles. The summed E-state index contributed by atoms with van der Waals surface area (Å²) in [6.45, 7) is 4.90. The Morgan fingerprint density at radius 1 is 1.40 bits per heavy atom. The first-order valence-electron chi connectivity index (χ1n) is 5.58. The number of nitrogens with zero attached hydrogens (tertiary/aromatic N) is 1. The smallest absolute Gasteiger partial charge is 0.0489 e. The minimum atomic E-state index is 0.364. The van der Waals surface area contributed by atoms with Gasteiger partial charge in [0.2, 0.25) is 0 Å². The lowest BCUT2D eigenvalue weighted by Crippen LogP contribution is -2.15. The fourth-order valence-electron chi connectivity index (χ4n) is 2.85. The fraction of sp³-hybridized carbons (Fsp3) is 0.357.